The number of allylic oxidation sites excluding steroid dienone is 1. The van der Waals surface area contributed by atoms with Gasteiger partial charge in [0.25, 0.3) is 0 Å². The average molecular weight is 315 g/mol. The number of rotatable bonds is 14. The van der Waals surface area contributed by atoms with Gasteiger partial charge in [-0.2, -0.15) is 6.42 Å². The SMILES string of the molecule is [CH2-]C/C=C\CCOCOCCCCCCCCC.[Cl-].[Mg+2]. The van der Waals surface area contributed by atoms with Crippen molar-refractivity contribution >= 4 is 23.1 Å². The molecular weight excluding hydrogens is 284 g/mol. The normalized spacial score (nSPS) is 10.3. The number of halogens is 1. The number of ether oxygens (including phenoxy) is 2. The van der Waals surface area contributed by atoms with E-state index in [1.165, 1.54) is 38.5 Å². The largest absolute Gasteiger partial charge is 2.00 e. The third-order valence-electron chi connectivity index (χ3n) is 2.82. The van der Waals surface area contributed by atoms with E-state index in [4.69, 9.17) is 9.47 Å². The van der Waals surface area contributed by atoms with Gasteiger partial charge in [0.05, 0.1) is 6.61 Å². The van der Waals surface area contributed by atoms with Crippen molar-refractivity contribution in [3.05, 3.63) is 19.1 Å². The van der Waals surface area contributed by atoms with Crippen LogP contribution >= 0.6 is 0 Å². The Bertz CT molecular complexity index is 178. The first-order valence-electron chi connectivity index (χ1n) is 7.51. The summed E-state index contributed by atoms with van der Waals surface area (Å²) in [5.41, 5.74) is 0. The second kappa shape index (κ2) is 24.7. The summed E-state index contributed by atoms with van der Waals surface area (Å²) in [7, 11) is 0. The van der Waals surface area contributed by atoms with E-state index in [0.717, 1.165) is 32.5 Å². The minimum absolute atomic E-state index is 0. The molecule has 0 aliphatic heterocycles. The fourth-order valence-electron chi connectivity index (χ4n) is 1.73. The number of unbranched alkanes of at least 4 members (excludes halogenated alkanes) is 6. The van der Waals surface area contributed by atoms with E-state index in [1.54, 1.807) is 0 Å². The van der Waals surface area contributed by atoms with Gasteiger partial charge >= 0.3 is 23.1 Å². The van der Waals surface area contributed by atoms with Crippen LogP contribution in [-0.4, -0.2) is 43.1 Å². The molecule has 0 bridgehead atoms. The molecule has 0 aliphatic carbocycles. The van der Waals surface area contributed by atoms with E-state index >= 15 is 0 Å². The van der Waals surface area contributed by atoms with Gasteiger partial charge in [-0.1, -0.05) is 51.5 Å². The van der Waals surface area contributed by atoms with Crippen molar-refractivity contribution in [3.63, 3.8) is 0 Å². The zero-order chi connectivity index (χ0) is 13.3. The topological polar surface area (TPSA) is 18.5 Å². The summed E-state index contributed by atoms with van der Waals surface area (Å²) in [6.45, 7) is 8.00. The Hall–Kier alpha value is 0.716. The molecule has 0 unspecified atom stereocenters. The van der Waals surface area contributed by atoms with Gasteiger partial charge in [-0.25, -0.2) is 0 Å². The molecule has 0 saturated carbocycles. The molecule has 0 fully saturated rings. The Morgan fingerprint density at radius 3 is 2.10 bits per heavy atom. The minimum Gasteiger partial charge on any atom is -1.00 e. The summed E-state index contributed by atoms with van der Waals surface area (Å²) in [6, 6.07) is 0. The van der Waals surface area contributed by atoms with Crippen molar-refractivity contribution in [2.24, 2.45) is 0 Å². The first-order valence-corrected chi connectivity index (χ1v) is 7.51. The van der Waals surface area contributed by atoms with Crippen LogP contribution in [0.3, 0.4) is 0 Å². The van der Waals surface area contributed by atoms with Crippen LogP contribution in [0.15, 0.2) is 12.2 Å². The average Bonchev–Trinajstić information content (AvgIpc) is 2.39. The summed E-state index contributed by atoms with van der Waals surface area (Å²) in [4.78, 5) is 0. The van der Waals surface area contributed by atoms with Crippen LogP contribution in [0.1, 0.15) is 64.7 Å². The van der Waals surface area contributed by atoms with E-state index in [-0.39, 0.29) is 35.5 Å². The van der Waals surface area contributed by atoms with E-state index in [0.29, 0.717) is 6.79 Å². The summed E-state index contributed by atoms with van der Waals surface area (Å²) in [5.74, 6) is 0. The minimum atomic E-state index is 0. The molecule has 0 aliphatic rings. The van der Waals surface area contributed by atoms with Crippen molar-refractivity contribution in [1.82, 2.24) is 0 Å². The zero-order valence-electron chi connectivity index (χ0n) is 13.2. The zero-order valence-corrected chi connectivity index (χ0v) is 15.4. The van der Waals surface area contributed by atoms with Crippen molar-refractivity contribution in [2.75, 3.05) is 20.0 Å². The molecule has 0 aromatic heterocycles. The van der Waals surface area contributed by atoms with Crippen LogP contribution in [0.2, 0.25) is 0 Å². The van der Waals surface area contributed by atoms with Crippen LogP contribution in [0.5, 0.6) is 0 Å². The molecule has 116 valence electrons. The van der Waals surface area contributed by atoms with Crippen LogP contribution in [-0.2, 0) is 9.47 Å². The Kier molecular flexibility index (Phi) is 31.7. The van der Waals surface area contributed by atoms with Gasteiger partial charge < -0.3 is 28.8 Å². The van der Waals surface area contributed by atoms with Gasteiger partial charge in [-0.05, 0) is 12.8 Å². The molecule has 20 heavy (non-hydrogen) atoms. The molecule has 0 heterocycles. The molecular formula is C16H31ClMgO2. The molecule has 0 N–H and O–H groups in total. The molecule has 0 spiro atoms. The monoisotopic (exact) mass is 314 g/mol. The van der Waals surface area contributed by atoms with Crippen LogP contribution in [0, 0.1) is 6.92 Å². The molecule has 4 heteroatoms. The molecule has 0 saturated heterocycles. The molecule has 0 atom stereocenters. The summed E-state index contributed by atoms with van der Waals surface area (Å²) >= 11 is 0. The van der Waals surface area contributed by atoms with Crippen molar-refractivity contribution < 1.29 is 21.9 Å². The van der Waals surface area contributed by atoms with Crippen molar-refractivity contribution in [2.45, 2.75) is 64.7 Å². The molecule has 0 aromatic rings. The first kappa shape index (κ1) is 25.7. The Morgan fingerprint density at radius 1 is 0.850 bits per heavy atom. The predicted molar refractivity (Wildman–Crippen MR) is 84.2 cm³/mol. The maximum Gasteiger partial charge on any atom is 2.00 e. The van der Waals surface area contributed by atoms with E-state index in [9.17, 15) is 0 Å². The van der Waals surface area contributed by atoms with E-state index in [2.05, 4.69) is 26.0 Å². The van der Waals surface area contributed by atoms with Gasteiger partial charge in [-0.15, -0.1) is 6.08 Å². The Labute approximate surface area is 148 Å². The Balaban J connectivity index is -0.00000144. The molecule has 0 rings (SSSR count). The number of hydrogen-bond donors (Lipinski definition) is 0. The maximum atomic E-state index is 5.41. The van der Waals surface area contributed by atoms with Crippen molar-refractivity contribution in [1.29, 1.82) is 0 Å². The second-order valence-corrected chi connectivity index (χ2v) is 4.60. The van der Waals surface area contributed by atoms with Crippen LogP contribution in [0.4, 0.5) is 0 Å². The molecule has 0 radical (unpaired) electrons. The van der Waals surface area contributed by atoms with Gasteiger partial charge in [0.1, 0.15) is 6.79 Å². The third kappa shape index (κ3) is 23.8. The van der Waals surface area contributed by atoms with Crippen LogP contribution < -0.4 is 12.4 Å². The van der Waals surface area contributed by atoms with Gasteiger partial charge in [-0.3, -0.25) is 0 Å². The first-order chi connectivity index (χ1) is 8.91. The van der Waals surface area contributed by atoms with E-state index < -0.39 is 0 Å². The second-order valence-electron chi connectivity index (χ2n) is 4.60. The summed E-state index contributed by atoms with van der Waals surface area (Å²) < 4.78 is 10.8. The molecule has 0 aromatic carbocycles. The fraction of sp³-hybridized carbons (Fsp3) is 0.812. The fourth-order valence-corrected chi connectivity index (χ4v) is 1.73. The maximum absolute atomic E-state index is 5.41. The molecule has 2 nitrogen and oxygen atoms in total. The summed E-state index contributed by atoms with van der Waals surface area (Å²) in [5, 5.41) is 0. The van der Waals surface area contributed by atoms with Crippen molar-refractivity contribution in [3.8, 4) is 0 Å². The quantitative estimate of drug-likeness (QED) is 0.159. The standard InChI is InChI=1S/C16H31O2.ClH.Mg/c1-3-5-7-9-10-11-13-15-18-16-17-14-12-8-6-4-2;;/h6,8H,2-5,7,9-16H2,1H3;1H;/q-1;;+2/p-1/b8-6-;;. The summed E-state index contributed by atoms with van der Waals surface area (Å²) in [6.07, 6.45) is 15.2. The van der Waals surface area contributed by atoms with Gasteiger partial charge in [0.2, 0.25) is 0 Å². The number of hydrogen-bond acceptors (Lipinski definition) is 2. The van der Waals surface area contributed by atoms with Gasteiger partial charge in [0, 0.05) is 6.61 Å². The molecule has 0 amide bonds. The van der Waals surface area contributed by atoms with Gasteiger partial charge in [0.15, 0.2) is 0 Å². The predicted octanol–water partition coefficient (Wildman–Crippen LogP) is 1.52. The smallest absolute Gasteiger partial charge is 1.00 e. The third-order valence-corrected chi connectivity index (χ3v) is 2.82. The van der Waals surface area contributed by atoms with E-state index in [1.807, 2.05) is 0 Å². The Morgan fingerprint density at radius 2 is 1.45 bits per heavy atom. The van der Waals surface area contributed by atoms with Crippen LogP contribution in [0.25, 0.3) is 0 Å².